The lowest BCUT2D eigenvalue weighted by Gasteiger charge is -2.06. The molecule has 25 heavy (non-hydrogen) atoms. The molecule has 4 nitrogen and oxygen atoms in total. The number of aryl methyl sites for hydroxylation is 2. The first-order valence-corrected chi connectivity index (χ1v) is 9.37. The predicted octanol–water partition coefficient (Wildman–Crippen LogP) is 4.25. The van der Waals surface area contributed by atoms with Gasteiger partial charge in [-0.2, -0.15) is 5.10 Å². The summed E-state index contributed by atoms with van der Waals surface area (Å²) in [5.74, 6) is 0. The zero-order valence-corrected chi connectivity index (χ0v) is 15.6. The molecule has 0 aliphatic carbocycles. The van der Waals surface area contributed by atoms with E-state index in [2.05, 4.69) is 71.5 Å². The smallest absolute Gasteiger partial charge is 0.0952 e. The van der Waals surface area contributed by atoms with E-state index in [1.807, 2.05) is 6.33 Å². The monoisotopic (exact) mass is 336 g/mol. The van der Waals surface area contributed by atoms with Gasteiger partial charge < -0.3 is 4.57 Å². The number of hydrogen-bond acceptors (Lipinski definition) is 2. The Labute approximate surface area is 150 Å². The molecule has 0 saturated carbocycles. The Kier molecular flexibility index (Phi) is 5.69. The molecule has 0 fully saturated rings. The molecule has 0 radical (unpaired) electrons. The summed E-state index contributed by atoms with van der Waals surface area (Å²) < 4.78 is 4.37. The van der Waals surface area contributed by atoms with Crippen LogP contribution in [0, 0.1) is 0 Å². The fourth-order valence-corrected chi connectivity index (χ4v) is 3.43. The molecule has 3 rings (SSSR count). The second-order valence-electron chi connectivity index (χ2n) is 6.50. The summed E-state index contributed by atoms with van der Waals surface area (Å²) in [5.41, 5.74) is 6.39. The second kappa shape index (κ2) is 8.15. The van der Waals surface area contributed by atoms with Gasteiger partial charge in [0, 0.05) is 37.0 Å². The lowest BCUT2D eigenvalue weighted by Crippen LogP contribution is -2.05. The molecule has 0 atom stereocenters. The second-order valence-corrected chi connectivity index (χ2v) is 6.50. The SMILES string of the molecule is CCCn1nc(CC)c(Cc2cn(Cc3ccccc3)cn2)c1CC. The molecule has 0 saturated heterocycles. The zero-order chi connectivity index (χ0) is 17.6. The zero-order valence-electron chi connectivity index (χ0n) is 15.6. The van der Waals surface area contributed by atoms with Crippen LogP contribution in [-0.2, 0) is 32.4 Å². The van der Waals surface area contributed by atoms with Gasteiger partial charge in [0.05, 0.1) is 17.7 Å². The summed E-state index contributed by atoms with van der Waals surface area (Å²) in [4.78, 5) is 4.64. The van der Waals surface area contributed by atoms with Crippen molar-refractivity contribution in [3.8, 4) is 0 Å². The quantitative estimate of drug-likeness (QED) is 0.616. The molecular weight excluding hydrogens is 308 g/mol. The van der Waals surface area contributed by atoms with Crippen molar-refractivity contribution in [3.05, 3.63) is 71.1 Å². The van der Waals surface area contributed by atoms with E-state index in [-0.39, 0.29) is 0 Å². The van der Waals surface area contributed by atoms with Crippen LogP contribution >= 0.6 is 0 Å². The first kappa shape index (κ1) is 17.5. The normalized spacial score (nSPS) is 11.2. The van der Waals surface area contributed by atoms with Crippen LogP contribution in [0.2, 0.25) is 0 Å². The molecule has 0 aliphatic heterocycles. The fraction of sp³-hybridized carbons (Fsp3) is 0.429. The van der Waals surface area contributed by atoms with Crippen molar-refractivity contribution in [3.63, 3.8) is 0 Å². The van der Waals surface area contributed by atoms with Crippen molar-refractivity contribution in [2.24, 2.45) is 0 Å². The number of imidazole rings is 1. The third kappa shape index (κ3) is 4.01. The van der Waals surface area contributed by atoms with E-state index >= 15 is 0 Å². The Morgan fingerprint density at radius 2 is 1.80 bits per heavy atom. The van der Waals surface area contributed by atoms with E-state index in [0.29, 0.717) is 0 Å². The van der Waals surface area contributed by atoms with E-state index in [0.717, 1.165) is 44.5 Å². The van der Waals surface area contributed by atoms with Gasteiger partial charge in [0.15, 0.2) is 0 Å². The van der Waals surface area contributed by atoms with Crippen LogP contribution < -0.4 is 0 Å². The van der Waals surface area contributed by atoms with Gasteiger partial charge >= 0.3 is 0 Å². The van der Waals surface area contributed by atoms with Crippen molar-refractivity contribution in [1.82, 2.24) is 19.3 Å². The Morgan fingerprint density at radius 1 is 1.00 bits per heavy atom. The molecule has 3 aromatic rings. The number of aromatic nitrogens is 4. The van der Waals surface area contributed by atoms with Crippen LogP contribution in [0.4, 0.5) is 0 Å². The van der Waals surface area contributed by atoms with E-state index in [1.54, 1.807) is 0 Å². The molecule has 0 amide bonds. The Hall–Kier alpha value is -2.36. The molecule has 1 aromatic carbocycles. The van der Waals surface area contributed by atoms with Crippen molar-refractivity contribution < 1.29 is 0 Å². The number of benzene rings is 1. The molecule has 0 N–H and O–H groups in total. The molecule has 0 spiro atoms. The van der Waals surface area contributed by atoms with Gasteiger partial charge in [0.2, 0.25) is 0 Å². The molecular formula is C21H28N4. The fourth-order valence-electron chi connectivity index (χ4n) is 3.43. The van der Waals surface area contributed by atoms with Crippen molar-refractivity contribution in [1.29, 1.82) is 0 Å². The van der Waals surface area contributed by atoms with Gasteiger partial charge in [-0.05, 0) is 24.8 Å². The van der Waals surface area contributed by atoms with Gasteiger partial charge in [0.1, 0.15) is 0 Å². The minimum Gasteiger partial charge on any atom is -0.333 e. The average Bonchev–Trinajstić information content (AvgIpc) is 3.20. The van der Waals surface area contributed by atoms with Gasteiger partial charge in [-0.1, -0.05) is 51.1 Å². The maximum absolute atomic E-state index is 4.84. The lowest BCUT2D eigenvalue weighted by molar-refractivity contribution is 0.570. The van der Waals surface area contributed by atoms with Crippen LogP contribution in [0.5, 0.6) is 0 Å². The standard InChI is InChI=1S/C21H28N4/c1-4-12-25-21(6-3)19(20(5-2)23-25)13-18-15-24(16-22-18)14-17-10-8-7-9-11-17/h7-11,15-16H,4-6,12-14H2,1-3H3. The molecule has 4 heteroatoms. The predicted molar refractivity (Wildman–Crippen MR) is 102 cm³/mol. The Bertz CT molecular complexity index is 799. The van der Waals surface area contributed by atoms with Gasteiger partial charge in [-0.15, -0.1) is 0 Å². The van der Waals surface area contributed by atoms with Gasteiger partial charge in [-0.3, -0.25) is 4.68 Å². The van der Waals surface area contributed by atoms with E-state index < -0.39 is 0 Å². The Morgan fingerprint density at radius 3 is 2.48 bits per heavy atom. The average molecular weight is 336 g/mol. The highest BCUT2D eigenvalue weighted by atomic mass is 15.3. The van der Waals surface area contributed by atoms with Crippen LogP contribution in [0.15, 0.2) is 42.9 Å². The van der Waals surface area contributed by atoms with Crippen LogP contribution in [0.1, 0.15) is 55.4 Å². The first-order valence-electron chi connectivity index (χ1n) is 9.37. The number of nitrogens with zero attached hydrogens (tertiary/aromatic N) is 4. The topological polar surface area (TPSA) is 35.6 Å². The summed E-state index contributed by atoms with van der Waals surface area (Å²) >= 11 is 0. The summed E-state index contributed by atoms with van der Waals surface area (Å²) in [7, 11) is 0. The van der Waals surface area contributed by atoms with Crippen LogP contribution in [0.25, 0.3) is 0 Å². The largest absolute Gasteiger partial charge is 0.333 e. The van der Waals surface area contributed by atoms with Crippen molar-refractivity contribution >= 4 is 0 Å². The third-order valence-corrected chi connectivity index (χ3v) is 4.61. The summed E-state index contributed by atoms with van der Waals surface area (Å²) in [6, 6.07) is 10.5. The molecule has 0 unspecified atom stereocenters. The summed E-state index contributed by atoms with van der Waals surface area (Å²) in [5, 5.41) is 4.84. The summed E-state index contributed by atoms with van der Waals surface area (Å²) in [6.07, 6.45) is 8.09. The Balaban J connectivity index is 1.80. The van der Waals surface area contributed by atoms with Gasteiger partial charge in [-0.25, -0.2) is 4.98 Å². The number of hydrogen-bond donors (Lipinski definition) is 0. The molecule has 132 valence electrons. The highest BCUT2D eigenvalue weighted by molar-refractivity contribution is 5.31. The lowest BCUT2D eigenvalue weighted by atomic mass is 10.0. The van der Waals surface area contributed by atoms with Crippen molar-refractivity contribution in [2.75, 3.05) is 0 Å². The van der Waals surface area contributed by atoms with Gasteiger partial charge in [0.25, 0.3) is 0 Å². The first-order chi connectivity index (χ1) is 12.2. The highest BCUT2D eigenvalue weighted by Gasteiger charge is 2.16. The molecule has 0 bridgehead atoms. The maximum atomic E-state index is 4.84. The van der Waals surface area contributed by atoms with Crippen LogP contribution in [0.3, 0.4) is 0 Å². The third-order valence-electron chi connectivity index (χ3n) is 4.61. The number of rotatable bonds is 8. The van der Waals surface area contributed by atoms with E-state index in [4.69, 9.17) is 5.10 Å². The molecule has 2 aromatic heterocycles. The van der Waals surface area contributed by atoms with E-state index in [9.17, 15) is 0 Å². The minimum atomic E-state index is 0.865. The van der Waals surface area contributed by atoms with Crippen LogP contribution in [-0.4, -0.2) is 19.3 Å². The molecule has 2 heterocycles. The maximum Gasteiger partial charge on any atom is 0.0952 e. The van der Waals surface area contributed by atoms with Crippen molar-refractivity contribution in [2.45, 2.75) is 59.5 Å². The molecule has 0 aliphatic rings. The highest BCUT2D eigenvalue weighted by Crippen LogP contribution is 2.20. The summed E-state index contributed by atoms with van der Waals surface area (Å²) in [6.45, 7) is 8.48. The minimum absolute atomic E-state index is 0.865. The van der Waals surface area contributed by atoms with E-state index in [1.165, 1.54) is 22.5 Å².